The van der Waals surface area contributed by atoms with Gasteiger partial charge in [-0.2, -0.15) is 13.5 Å². The Hall–Kier alpha value is -0.630. The lowest BCUT2D eigenvalue weighted by Crippen LogP contribution is -1.56. The average Bonchev–Trinajstić information content (AvgIpc) is 1.69. The minimum absolute atomic E-state index is 0. The van der Waals surface area contributed by atoms with E-state index in [1.165, 1.54) is 0 Å². The third kappa shape index (κ3) is 1.89. The Balaban J connectivity index is 0.000000490. The molecule has 0 fully saturated rings. The van der Waals surface area contributed by atoms with Crippen LogP contribution in [0.25, 0.3) is 0 Å². The molecular weight excluding hydrogens is 120 g/mol. The van der Waals surface area contributed by atoms with E-state index in [0.29, 0.717) is 5.75 Å². The van der Waals surface area contributed by atoms with Crippen LogP contribution in [0.2, 0.25) is 0 Å². The van der Waals surface area contributed by atoms with Gasteiger partial charge in [-0.05, 0) is 12.1 Å². The molecule has 0 aromatic heterocycles. The molecule has 0 bridgehead atoms. The van der Waals surface area contributed by atoms with Crippen molar-refractivity contribution in [1.29, 1.82) is 0 Å². The van der Waals surface area contributed by atoms with E-state index >= 15 is 0 Å². The Bertz CT molecular complexity index is 138. The van der Waals surface area contributed by atoms with Gasteiger partial charge in [-0.1, -0.05) is 18.2 Å². The summed E-state index contributed by atoms with van der Waals surface area (Å²) in [4.78, 5) is 0. The molecule has 0 saturated carbocycles. The van der Waals surface area contributed by atoms with Crippen molar-refractivity contribution >= 4 is 13.5 Å². The van der Waals surface area contributed by atoms with Crippen molar-refractivity contribution in [2.75, 3.05) is 0 Å². The van der Waals surface area contributed by atoms with Crippen molar-refractivity contribution < 1.29 is 5.11 Å². The Morgan fingerprint density at radius 2 is 1.50 bits per heavy atom. The van der Waals surface area contributed by atoms with Crippen LogP contribution in [0.15, 0.2) is 30.3 Å². The summed E-state index contributed by atoms with van der Waals surface area (Å²) in [6.07, 6.45) is 0. The smallest absolute Gasteiger partial charge is 0.115 e. The summed E-state index contributed by atoms with van der Waals surface area (Å²) in [6.45, 7) is 0. The number of benzene rings is 1. The summed E-state index contributed by atoms with van der Waals surface area (Å²) >= 11 is 0. The third-order valence-electron chi connectivity index (χ3n) is 0.756. The molecule has 0 aliphatic carbocycles. The molecule has 1 aromatic rings. The van der Waals surface area contributed by atoms with E-state index in [4.69, 9.17) is 5.11 Å². The summed E-state index contributed by atoms with van der Waals surface area (Å²) < 4.78 is 0. The molecule has 44 valence electrons. The molecule has 0 unspecified atom stereocenters. The van der Waals surface area contributed by atoms with Crippen molar-refractivity contribution in [2.45, 2.75) is 0 Å². The zero-order valence-corrected chi connectivity index (χ0v) is 5.33. The molecule has 2 heteroatoms. The van der Waals surface area contributed by atoms with Crippen LogP contribution in [0.1, 0.15) is 0 Å². The predicted octanol–water partition coefficient (Wildman–Crippen LogP) is 1.50. The second-order valence-electron chi connectivity index (χ2n) is 1.34. The van der Waals surface area contributed by atoms with Gasteiger partial charge in [-0.15, -0.1) is 0 Å². The van der Waals surface area contributed by atoms with Gasteiger partial charge >= 0.3 is 0 Å². The maximum Gasteiger partial charge on any atom is 0.115 e. The quantitative estimate of drug-likeness (QED) is 0.561. The van der Waals surface area contributed by atoms with E-state index in [1.54, 1.807) is 24.3 Å². The molecule has 0 radical (unpaired) electrons. The highest BCUT2D eigenvalue weighted by Crippen LogP contribution is 2.02. The standard InChI is InChI=1S/C6H6O.H2S/c7-6-4-2-1-3-5-6;/h1-5,7H;1H2. The highest BCUT2D eigenvalue weighted by molar-refractivity contribution is 7.59. The number of hydrogen-bond acceptors (Lipinski definition) is 1. The van der Waals surface area contributed by atoms with Gasteiger partial charge in [0.1, 0.15) is 5.75 Å². The summed E-state index contributed by atoms with van der Waals surface area (Å²) in [5.41, 5.74) is 0. The van der Waals surface area contributed by atoms with E-state index in [2.05, 4.69) is 0 Å². The van der Waals surface area contributed by atoms with E-state index in [9.17, 15) is 0 Å². The molecule has 0 atom stereocenters. The van der Waals surface area contributed by atoms with Crippen molar-refractivity contribution in [2.24, 2.45) is 0 Å². The van der Waals surface area contributed by atoms with Crippen molar-refractivity contribution in [1.82, 2.24) is 0 Å². The van der Waals surface area contributed by atoms with Gasteiger partial charge in [-0.3, -0.25) is 0 Å². The Morgan fingerprint density at radius 1 is 1.00 bits per heavy atom. The zero-order chi connectivity index (χ0) is 5.11. The predicted molar refractivity (Wildman–Crippen MR) is 38.5 cm³/mol. The fraction of sp³-hybridized carbons (Fsp3) is 0. The third-order valence-corrected chi connectivity index (χ3v) is 0.756. The highest BCUT2D eigenvalue weighted by atomic mass is 32.1. The van der Waals surface area contributed by atoms with Crippen molar-refractivity contribution in [3.8, 4) is 5.75 Å². The number of hydrogen-bond donors (Lipinski definition) is 1. The van der Waals surface area contributed by atoms with Gasteiger partial charge in [0.25, 0.3) is 0 Å². The van der Waals surface area contributed by atoms with Crippen molar-refractivity contribution in [3.63, 3.8) is 0 Å². The average molecular weight is 128 g/mol. The lowest BCUT2D eigenvalue weighted by atomic mass is 10.3. The van der Waals surface area contributed by atoms with Crippen LogP contribution >= 0.6 is 13.5 Å². The molecule has 1 rings (SSSR count). The van der Waals surface area contributed by atoms with Crippen LogP contribution in [0.4, 0.5) is 0 Å². The first-order valence-corrected chi connectivity index (χ1v) is 2.13. The second-order valence-corrected chi connectivity index (χ2v) is 1.34. The normalized spacial score (nSPS) is 7.50. The SMILES string of the molecule is Oc1ccccc1.S. The molecule has 0 aliphatic heterocycles. The summed E-state index contributed by atoms with van der Waals surface area (Å²) in [5.74, 6) is 0.322. The van der Waals surface area contributed by atoms with Crippen LogP contribution in [0.5, 0.6) is 5.75 Å². The van der Waals surface area contributed by atoms with Gasteiger partial charge in [-0.25, -0.2) is 0 Å². The fourth-order valence-electron chi connectivity index (χ4n) is 0.428. The molecule has 0 saturated heterocycles. The van der Waals surface area contributed by atoms with E-state index in [1.807, 2.05) is 6.07 Å². The van der Waals surface area contributed by atoms with Gasteiger partial charge in [0, 0.05) is 0 Å². The first-order chi connectivity index (χ1) is 3.39. The molecule has 0 spiro atoms. The molecule has 0 amide bonds. The lowest BCUT2D eigenvalue weighted by Gasteiger charge is -1.82. The molecular formula is C6H8OS. The van der Waals surface area contributed by atoms with E-state index in [-0.39, 0.29) is 13.5 Å². The molecule has 1 N–H and O–H groups in total. The first kappa shape index (κ1) is 7.37. The minimum atomic E-state index is 0. The first-order valence-electron chi connectivity index (χ1n) is 2.13. The monoisotopic (exact) mass is 128 g/mol. The number of phenols is 1. The summed E-state index contributed by atoms with van der Waals surface area (Å²) in [5, 5.41) is 8.63. The molecule has 0 heterocycles. The number of phenolic OH excluding ortho intramolecular Hbond substituents is 1. The summed E-state index contributed by atoms with van der Waals surface area (Å²) in [6, 6.07) is 8.71. The van der Waals surface area contributed by atoms with Crippen LogP contribution in [-0.2, 0) is 0 Å². The van der Waals surface area contributed by atoms with E-state index in [0.717, 1.165) is 0 Å². The molecule has 8 heavy (non-hydrogen) atoms. The molecule has 1 nitrogen and oxygen atoms in total. The maximum atomic E-state index is 8.63. The van der Waals surface area contributed by atoms with Crippen molar-refractivity contribution in [3.05, 3.63) is 30.3 Å². The highest BCUT2D eigenvalue weighted by Gasteiger charge is 1.74. The van der Waals surface area contributed by atoms with Gasteiger partial charge in [0.05, 0.1) is 0 Å². The van der Waals surface area contributed by atoms with Crippen LogP contribution < -0.4 is 0 Å². The molecule has 0 aliphatic rings. The number of rotatable bonds is 0. The Morgan fingerprint density at radius 3 is 1.75 bits per heavy atom. The van der Waals surface area contributed by atoms with Gasteiger partial charge < -0.3 is 5.11 Å². The Labute approximate surface area is 55.4 Å². The Kier molecular flexibility index (Phi) is 3.12. The lowest BCUT2D eigenvalue weighted by molar-refractivity contribution is 0.475. The number of para-hydroxylation sites is 1. The fourth-order valence-corrected chi connectivity index (χ4v) is 0.428. The van der Waals surface area contributed by atoms with Crippen LogP contribution in [0, 0.1) is 0 Å². The van der Waals surface area contributed by atoms with Gasteiger partial charge in [0.15, 0.2) is 0 Å². The topological polar surface area (TPSA) is 20.2 Å². The van der Waals surface area contributed by atoms with E-state index < -0.39 is 0 Å². The minimum Gasteiger partial charge on any atom is -0.508 e. The van der Waals surface area contributed by atoms with Crippen LogP contribution in [0.3, 0.4) is 0 Å². The molecule has 1 aromatic carbocycles. The van der Waals surface area contributed by atoms with Gasteiger partial charge in [0.2, 0.25) is 0 Å². The second kappa shape index (κ2) is 3.38. The zero-order valence-electron chi connectivity index (χ0n) is 4.33. The largest absolute Gasteiger partial charge is 0.508 e. The maximum absolute atomic E-state index is 8.63. The summed E-state index contributed by atoms with van der Waals surface area (Å²) in [7, 11) is 0. The van der Waals surface area contributed by atoms with Crippen LogP contribution in [-0.4, -0.2) is 5.11 Å². The number of aromatic hydroxyl groups is 1.